The van der Waals surface area contributed by atoms with Gasteiger partial charge in [-0.2, -0.15) is 0 Å². The van der Waals surface area contributed by atoms with Gasteiger partial charge in [-0.05, 0) is 38.3 Å². The standard InChI is InChI=1S/C14H19FN2O2/c1-9(18)13-10(15)5-4-7-11(13)17-8-3-2-6-12(17)14(16)19/h4-5,7,9,12,18H,2-3,6,8H2,1H3,(H2,16,19). The van der Waals surface area contributed by atoms with E-state index in [1.165, 1.54) is 13.0 Å². The van der Waals surface area contributed by atoms with Gasteiger partial charge in [0.25, 0.3) is 0 Å². The topological polar surface area (TPSA) is 66.6 Å². The number of hydrogen-bond acceptors (Lipinski definition) is 3. The first-order chi connectivity index (χ1) is 9.02. The Morgan fingerprint density at radius 1 is 1.53 bits per heavy atom. The van der Waals surface area contributed by atoms with Crippen molar-refractivity contribution in [1.82, 2.24) is 0 Å². The van der Waals surface area contributed by atoms with Gasteiger partial charge in [0.2, 0.25) is 5.91 Å². The first kappa shape index (κ1) is 13.8. The second-order valence-electron chi connectivity index (χ2n) is 4.96. The average molecular weight is 266 g/mol. The smallest absolute Gasteiger partial charge is 0.240 e. The minimum absolute atomic E-state index is 0.232. The molecule has 1 heterocycles. The van der Waals surface area contributed by atoms with Gasteiger partial charge in [-0.15, -0.1) is 0 Å². The zero-order valence-corrected chi connectivity index (χ0v) is 11.0. The number of aliphatic hydroxyl groups is 1. The van der Waals surface area contributed by atoms with E-state index in [1.807, 2.05) is 4.90 Å². The van der Waals surface area contributed by atoms with Gasteiger partial charge in [0.15, 0.2) is 0 Å². The van der Waals surface area contributed by atoms with Crippen LogP contribution in [0.3, 0.4) is 0 Å². The number of nitrogens with zero attached hydrogens (tertiary/aromatic N) is 1. The average Bonchev–Trinajstić information content (AvgIpc) is 2.37. The number of carbonyl (C=O) groups is 1. The van der Waals surface area contributed by atoms with Gasteiger partial charge in [-0.25, -0.2) is 4.39 Å². The number of aliphatic hydroxyl groups excluding tert-OH is 1. The van der Waals surface area contributed by atoms with Gasteiger partial charge >= 0.3 is 0 Å². The summed E-state index contributed by atoms with van der Waals surface area (Å²) in [6.45, 7) is 2.17. The number of benzene rings is 1. The van der Waals surface area contributed by atoms with Crippen molar-refractivity contribution in [3.63, 3.8) is 0 Å². The van der Waals surface area contributed by atoms with Crippen LogP contribution < -0.4 is 10.6 Å². The van der Waals surface area contributed by atoms with Gasteiger partial charge in [-0.1, -0.05) is 6.07 Å². The maximum absolute atomic E-state index is 13.9. The molecule has 5 heteroatoms. The van der Waals surface area contributed by atoms with Crippen LogP contribution in [0, 0.1) is 5.82 Å². The summed E-state index contributed by atoms with van der Waals surface area (Å²) in [6.07, 6.45) is 1.61. The maximum Gasteiger partial charge on any atom is 0.240 e. The normalized spacial score (nSPS) is 21.2. The van der Waals surface area contributed by atoms with Crippen molar-refractivity contribution in [3.05, 3.63) is 29.6 Å². The molecule has 2 rings (SSSR count). The van der Waals surface area contributed by atoms with E-state index in [0.29, 0.717) is 18.7 Å². The van der Waals surface area contributed by atoms with Crippen molar-refractivity contribution in [2.24, 2.45) is 5.73 Å². The summed E-state index contributed by atoms with van der Waals surface area (Å²) in [5.41, 5.74) is 6.22. The van der Waals surface area contributed by atoms with Crippen molar-refractivity contribution in [1.29, 1.82) is 0 Å². The number of rotatable bonds is 3. The third-order valence-electron chi connectivity index (χ3n) is 3.59. The van der Waals surface area contributed by atoms with Gasteiger partial charge in [0.1, 0.15) is 11.9 Å². The van der Waals surface area contributed by atoms with Crippen LogP contribution in [0.1, 0.15) is 37.9 Å². The molecule has 104 valence electrons. The van der Waals surface area contributed by atoms with Crippen LogP contribution in [-0.4, -0.2) is 23.6 Å². The summed E-state index contributed by atoms with van der Waals surface area (Å²) >= 11 is 0. The highest BCUT2D eigenvalue weighted by Gasteiger charge is 2.30. The van der Waals surface area contributed by atoms with Crippen LogP contribution in [0.25, 0.3) is 0 Å². The lowest BCUT2D eigenvalue weighted by Gasteiger charge is -2.37. The molecule has 19 heavy (non-hydrogen) atoms. The van der Waals surface area contributed by atoms with Crippen LogP contribution >= 0.6 is 0 Å². The Morgan fingerprint density at radius 3 is 2.89 bits per heavy atom. The van der Waals surface area contributed by atoms with Crippen LogP contribution in [0.5, 0.6) is 0 Å². The number of amides is 1. The van der Waals surface area contributed by atoms with Crippen LogP contribution in [0.15, 0.2) is 18.2 Å². The molecule has 0 bridgehead atoms. The Balaban J connectivity index is 2.44. The minimum Gasteiger partial charge on any atom is -0.389 e. The van der Waals surface area contributed by atoms with E-state index in [0.717, 1.165) is 12.8 Å². The molecule has 0 aliphatic carbocycles. The lowest BCUT2D eigenvalue weighted by atomic mass is 9.98. The summed E-state index contributed by atoms with van der Waals surface area (Å²) in [4.78, 5) is 13.3. The van der Waals surface area contributed by atoms with E-state index < -0.39 is 23.9 Å². The molecule has 0 saturated carbocycles. The predicted molar refractivity (Wildman–Crippen MR) is 71.2 cm³/mol. The van der Waals surface area contributed by atoms with Crippen molar-refractivity contribution < 1.29 is 14.3 Å². The molecular formula is C14H19FN2O2. The van der Waals surface area contributed by atoms with E-state index in [2.05, 4.69) is 0 Å². The van der Waals surface area contributed by atoms with Crippen molar-refractivity contribution in [2.45, 2.75) is 38.3 Å². The highest BCUT2D eigenvalue weighted by atomic mass is 19.1. The Kier molecular flexibility index (Phi) is 4.04. The molecule has 2 unspecified atom stereocenters. The van der Waals surface area contributed by atoms with E-state index in [9.17, 15) is 14.3 Å². The Bertz CT molecular complexity index is 477. The minimum atomic E-state index is -0.924. The molecule has 1 saturated heterocycles. The second-order valence-corrected chi connectivity index (χ2v) is 4.96. The molecule has 1 aliphatic rings. The quantitative estimate of drug-likeness (QED) is 0.875. The third kappa shape index (κ3) is 2.71. The third-order valence-corrected chi connectivity index (χ3v) is 3.59. The highest BCUT2D eigenvalue weighted by Crippen LogP contribution is 2.33. The summed E-state index contributed by atoms with van der Waals surface area (Å²) in [7, 11) is 0. The van der Waals surface area contributed by atoms with E-state index in [-0.39, 0.29) is 5.56 Å². The Hall–Kier alpha value is -1.62. The monoisotopic (exact) mass is 266 g/mol. The molecule has 1 aromatic carbocycles. The fraction of sp³-hybridized carbons (Fsp3) is 0.500. The number of hydrogen-bond donors (Lipinski definition) is 2. The molecule has 3 N–H and O–H groups in total. The highest BCUT2D eigenvalue weighted by molar-refractivity contribution is 5.84. The molecule has 1 amide bonds. The van der Waals surface area contributed by atoms with Crippen molar-refractivity contribution in [3.8, 4) is 0 Å². The van der Waals surface area contributed by atoms with Crippen LogP contribution in [0.2, 0.25) is 0 Å². The number of anilines is 1. The number of carbonyl (C=O) groups excluding carboxylic acids is 1. The fourth-order valence-electron chi connectivity index (χ4n) is 2.71. The molecule has 1 aromatic rings. The maximum atomic E-state index is 13.9. The van der Waals surface area contributed by atoms with E-state index in [4.69, 9.17) is 5.73 Å². The molecule has 1 aliphatic heterocycles. The molecule has 0 spiro atoms. The molecule has 0 radical (unpaired) electrons. The number of halogens is 1. The van der Waals surface area contributed by atoms with Crippen LogP contribution in [0.4, 0.5) is 10.1 Å². The van der Waals surface area contributed by atoms with Crippen molar-refractivity contribution >= 4 is 11.6 Å². The predicted octanol–water partition coefficient (Wildman–Crippen LogP) is 1.72. The van der Waals surface area contributed by atoms with E-state index in [1.54, 1.807) is 12.1 Å². The fourth-order valence-corrected chi connectivity index (χ4v) is 2.71. The van der Waals surface area contributed by atoms with Crippen LogP contribution in [-0.2, 0) is 4.79 Å². The number of piperidine rings is 1. The van der Waals surface area contributed by atoms with Crippen molar-refractivity contribution in [2.75, 3.05) is 11.4 Å². The Labute approximate surface area is 112 Å². The molecule has 4 nitrogen and oxygen atoms in total. The van der Waals surface area contributed by atoms with E-state index >= 15 is 0 Å². The SMILES string of the molecule is CC(O)c1c(F)cccc1N1CCCCC1C(N)=O. The zero-order chi connectivity index (χ0) is 14.0. The second kappa shape index (κ2) is 5.57. The molecule has 1 fully saturated rings. The molecule has 0 aromatic heterocycles. The largest absolute Gasteiger partial charge is 0.389 e. The summed E-state index contributed by atoms with van der Waals surface area (Å²) < 4.78 is 13.9. The lowest BCUT2D eigenvalue weighted by Crippen LogP contribution is -2.48. The molecule has 2 atom stereocenters. The van der Waals surface area contributed by atoms with Gasteiger partial charge in [0, 0.05) is 17.8 Å². The first-order valence-corrected chi connectivity index (χ1v) is 6.54. The number of nitrogens with two attached hydrogens (primary N) is 1. The summed E-state index contributed by atoms with van der Waals surface area (Å²) in [5.74, 6) is -0.859. The van der Waals surface area contributed by atoms with Gasteiger partial charge in [0.05, 0.1) is 6.10 Å². The molecular weight excluding hydrogens is 247 g/mol. The zero-order valence-electron chi connectivity index (χ0n) is 11.0. The number of primary amides is 1. The summed E-state index contributed by atoms with van der Waals surface area (Å²) in [6, 6.07) is 4.21. The lowest BCUT2D eigenvalue weighted by molar-refractivity contribution is -0.119. The first-order valence-electron chi connectivity index (χ1n) is 6.54. The summed E-state index contributed by atoms with van der Waals surface area (Å²) in [5, 5.41) is 9.76. The van der Waals surface area contributed by atoms with Gasteiger partial charge in [-0.3, -0.25) is 4.79 Å². The Morgan fingerprint density at radius 2 is 2.26 bits per heavy atom. The van der Waals surface area contributed by atoms with Gasteiger partial charge < -0.3 is 15.7 Å².